The van der Waals surface area contributed by atoms with Gasteiger partial charge in [0.2, 0.25) is 5.91 Å². The second-order valence-electron chi connectivity index (χ2n) is 8.33. The summed E-state index contributed by atoms with van der Waals surface area (Å²) in [5, 5.41) is 1.34. The van der Waals surface area contributed by atoms with Crippen LogP contribution in [0.5, 0.6) is 0 Å². The van der Waals surface area contributed by atoms with Gasteiger partial charge in [-0.05, 0) is 56.0 Å². The molecule has 1 N–H and O–H groups in total. The first-order chi connectivity index (χ1) is 13.4. The van der Waals surface area contributed by atoms with Crippen LogP contribution in [0.25, 0.3) is 16.5 Å². The molecular formula is C24H34N3O. The molecule has 2 heterocycles. The zero-order valence-electron chi connectivity index (χ0n) is 18.0. The number of amides is 1. The first-order valence-electron chi connectivity index (χ1n) is 10.5. The van der Waals surface area contributed by atoms with Gasteiger partial charge in [-0.15, -0.1) is 0 Å². The topological polar surface area (TPSA) is 39.3 Å². The molecule has 4 nitrogen and oxygen atoms in total. The van der Waals surface area contributed by atoms with E-state index in [2.05, 4.69) is 82.0 Å². The average Bonchev–Trinajstić information content (AvgIpc) is 3.07. The van der Waals surface area contributed by atoms with E-state index >= 15 is 0 Å². The summed E-state index contributed by atoms with van der Waals surface area (Å²) in [6.07, 6.45) is 5.41. The fourth-order valence-corrected chi connectivity index (χ4v) is 4.38. The zero-order chi connectivity index (χ0) is 20.4. The minimum absolute atomic E-state index is 0.0445. The summed E-state index contributed by atoms with van der Waals surface area (Å²) in [6.45, 7) is 14.2. The summed E-state index contributed by atoms with van der Waals surface area (Å²) >= 11 is 0. The Kier molecular flexibility index (Phi) is 6.29. The first kappa shape index (κ1) is 20.7. The highest BCUT2D eigenvalue weighted by Gasteiger charge is 2.36. The van der Waals surface area contributed by atoms with Gasteiger partial charge in [-0.3, -0.25) is 9.69 Å². The highest BCUT2D eigenvalue weighted by Crippen LogP contribution is 2.40. The van der Waals surface area contributed by atoms with Gasteiger partial charge in [0, 0.05) is 42.8 Å². The number of H-pyrrole nitrogens is 1. The lowest BCUT2D eigenvalue weighted by Gasteiger charge is -2.40. The molecule has 0 spiro atoms. The van der Waals surface area contributed by atoms with Crippen molar-refractivity contribution in [1.29, 1.82) is 0 Å². The van der Waals surface area contributed by atoms with Gasteiger partial charge in [-0.25, -0.2) is 0 Å². The molecule has 2 atom stereocenters. The van der Waals surface area contributed by atoms with Crippen molar-refractivity contribution in [2.45, 2.75) is 40.2 Å². The van der Waals surface area contributed by atoms with E-state index < -0.39 is 0 Å². The molecule has 2 aliphatic rings. The van der Waals surface area contributed by atoms with Crippen LogP contribution in [0.3, 0.4) is 0 Å². The summed E-state index contributed by atoms with van der Waals surface area (Å²) in [5.74, 6) is 0.793. The Labute approximate surface area is 169 Å². The Bertz CT molecular complexity index is 857. The number of nitrogens with one attached hydrogen (secondary N) is 1. The molecule has 1 aromatic carbocycles. The van der Waals surface area contributed by atoms with E-state index in [1.54, 1.807) is 0 Å². The monoisotopic (exact) mass is 380 g/mol. The van der Waals surface area contributed by atoms with Gasteiger partial charge >= 0.3 is 0 Å². The van der Waals surface area contributed by atoms with Crippen LogP contribution in [0, 0.1) is 18.8 Å². The van der Waals surface area contributed by atoms with Gasteiger partial charge < -0.3 is 9.88 Å². The minimum atomic E-state index is -0.0445. The van der Waals surface area contributed by atoms with Crippen LogP contribution in [0.2, 0.25) is 0 Å². The predicted molar refractivity (Wildman–Crippen MR) is 118 cm³/mol. The number of carbonyl (C=O) groups excluding carboxylic acids is 1. The van der Waals surface area contributed by atoms with Crippen LogP contribution in [-0.4, -0.2) is 53.4 Å². The zero-order valence-corrected chi connectivity index (χ0v) is 18.0. The molecule has 4 heteroatoms. The molecule has 1 aliphatic carbocycles. The maximum atomic E-state index is 12.9. The summed E-state index contributed by atoms with van der Waals surface area (Å²) in [4.78, 5) is 20.6. The second kappa shape index (κ2) is 8.52. The number of hydrogen-bond acceptors (Lipinski definition) is 2. The van der Waals surface area contributed by atoms with Crippen molar-refractivity contribution >= 4 is 22.4 Å². The Morgan fingerprint density at radius 3 is 2.64 bits per heavy atom. The first-order valence-corrected chi connectivity index (χ1v) is 10.5. The Morgan fingerprint density at radius 1 is 1.32 bits per heavy atom. The average molecular weight is 381 g/mol. The summed E-state index contributed by atoms with van der Waals surface area (Å²) in [5.41, 5.74) is 5.21. The summed E-state index contributed by atoms with van der Waals surface area (Å²) < 4.78 is 0. The Hall–Kier alpha value is -2.07. The molecule has 0 saturated heterocycles. The molecule has 1 aromatic heterocycles. The number of rotatable bonds is 3. The van der Waals surface area contributed by atoms with Gasteiger partial charge in [0.1, 0.15) is 0 Å². The number of aromatic amines is 1. The molecule has 1 aliphatic heterocycles. The van der Waals surface area contributed by atoms with Crippen molar-refractivity contribution in [2.24, 2.45) is 11.8 Å². The molecule has 4 rings (SSSR count). The van der Waals surface area contributed by atoms with Gasteiger partial charge in [-0.1, -0.05) is 39.0 Å². The van der Waals surface area contributed by atoms with Crippen molar-refractivity contribution in [3.8, 4) is 0 Å². The molecular weight excluding hydrogens is 346 g/mol. The Balaban J connectivity index is 0.000000516. The summed E-state index contributed by atoms with van der Waals surface area (Å²) in [6, 6.07) is 6.82. The van der Waals surface area contributed by atoms with Crippen LogP contribution in [-0.2, 0) is 11.2 Å². The van der Waals surface area contributed by atoms with E-state index in [0.717, 1.165) is 26.1 Å². The van der Waals surface area contributed by atoms with Crippen molar-refractivity contribution in [2.75, 3.05) is 26.7 Å². The third-order valence-corrected chi connectivity index (χ3v) is 5.66. The maximum absolute atomic E-state index is 12.9. The standard InChI is InChI=1S/C20H25N3O.C4H9/c1-4-23(5-2)20(24)14-9-16-15-7-6-8-17-19(15)13(11-21-17)10-18(16)22(3)12-14;1-4(2)3/h6-9,11,14,18,21H,4-5,10,12H2,1-3H3;4H,1H2,2-3H3/t14-,18-;/m1./s1. The molecule has 2 aromatic rings. The third-order valence-electron chi connectivity index (χ3n) is 5.66. The van der Waals surface area contributed by atoms with Crippen molar-refractivity contribution in [1.82, 2.24) is 14.8 Å². The third kappa shape index (κ3) is 3.88. The molecule has 0 unspecified atom stereocenters. The lowest BCUT2D eigenvalue weighted by Crippen LogP contribution is -2.47. The largest absolute Gasteiger partial charge is 0.361 e. The van der Waals surface area contributed by atoms with E-state index in [1.807, 2.05) is 4.90 Å². The van der Waals surface area contributed by atoms with Crippen LogP contribution in [0.15, 0.2) is 30.5 Å². The van der Waals surface area contributed by atoms with Gasteiger partial charge in [0.15, 0.2) is 0 Å². The normalized spacial score (nSPS) is 21.0. The molecule has 28 heavy (non-hydrogen) atoms. The highest BCUT2D eigenvalue weighted by molar-refractivity contribution is 5.99. The number of carbonyl (C=O) groups is 1. The molecule has 1 radical (unpaired) electrons. The van der Waals surface area contributed by atoms with Gasteiger partial charge in [-0.2, -0.15) is 0 Å². The number of fused-ring (bicyclic) bond motifs is 2. The lowest BCUT2D eigenvalue weighted by molar-refractivity contribution is -0.134. The molecule has 1 amide bonds. The van der Waals surface area contributed by atoms with Crippen LogP contribution in [0.4, 0.5) is 0 Å². The second-order valence-corrected chi connectivity index (χ2v) is 8.33. The van der Waals surface area contributed by atoms with Crippen molar-refractivity contribution in [3.63, 3.8) is 0 Å². The van der Waals surface area contributed by atoms with Crippen molar-refractivity contribution < 1.29 is 4.79 Å². The molecule has 0 fully saturated rings. The number of nitrogens with zero attached hydrogens (tertiary/aromatic N) is 2. The molecule has 151 valence electrons. The summed E-state index contributed by atoms with van der Waals surface area (Å²) in [7, 11) is 2.15. The van der Waals surface area contributed by atoms with E-state index in [9.17, 15) is 4.79 Å². The smallest absolute Gasteiger partial charge is 0.230 e. The predicted octanol–water partition coefficient (Wildman–Crippen LogP) is 4.38. The van der Waals surface area contributed by atoms with Gasteiger partial charge in [0.25, 0.3) is 0 Å². The Morgan fingerprint density at radius 2 is 2.00 bits per heavy atom. The molecule has 0 saturated carbocycles. The number of hydrogen-bond donors (Lipinski definition) is 1. The SMILES string of the molecule is CCN(CC)C(=O)[C@@H]1C=C2c3cccc4[nH]cc(c34)C[C@H]2N(C)C1.[CH2]C(C)C. The fourth-order valence-electron chi connectivity index (χ4n) is 4.38. The van der Waals surface area contributed by atoms with Crippen LogP contribution < -0.4 is 0 Å². The fraction of sp³-hybridized carbons (Fsp3) is 0.500. The number of likely N-dealkylation sites (N-methyl/N-ethyl adjacent to an activating group) is 1. The minimum Gasteiger partial charge on any atom is -0.361 e. The maximum Gasteiger partial charge on any atom is 0.230 e. The quantitative estimate of drug-likeness (QED) is 0.858. The number of benzene rings is 1. The van der Waals surface area contributed by atoms with E-state index in [1.165, 1.54) is 27.6 Å². The lowest BCUT2D eigenvalue weighted by atomic mass is 9.79. The molecule has 0 bridgehead atoms. The van der Waals surface area contributed by atoms with Crippen LogP contribution in [0.1, 0.15) is 38.8 Å². The van der Waals surface area contributed by atoms with Crippen molar-refractivity contribution in [3.05, 3.63) is 48.5 Å². The van der Waals surface area contributed by atoms with Gasteiger partial charge in [0.05, 0.1) is 5.92 Å². The highest BCUT2D eigenvalue weighted by atomic mass is 16.2. The van der Waals surface area contributed by atoms with E-state index in [4.69, 9.17) is 0 Å². The van der Waals surface area contributed by atoms with Crippen LogP contribution >= 0.6 is 0 Å². The van der Waals surface area contributed by atoms with E-state index in [-0.39, 0.29) is 11.8 Å². The van der Waals surface area contributed by atoms with E-state index in [0.29, 0.717) is 12.0 Å². The number of aromatic nitrogens is 1.